The maximum Gasteiger partial charge on any atom is 0.408 e. The zero-order chi connectivity index (χ0) is 65.0. The average Bonchev–Trinajstić information content (AvgIpc) is 1.55. The van der Waals surface area contributed by atoms with E-state index in [4.69, 9.17) is 34.1 Å². The zero-order valence-corrected chi connectivity index (χ0v) is 54.7. The molecule has 5 aliphatic rings. The molecule has 7 heterocycles. The normalized spacial score (nSPS) is 16.0. The van der Waals surface area contributed by atoms with Crippen LogP contribution in [0.4, 0.5) is 32.6 Å². The first-order valence-corrected chi connectivity index (χ1v) is 33.0. The molecule has 94 heavy (non-hydrogen) atoms. The molecule has 1 unspecified atom stereocenters. The molecule has 2 saturated carbocycles. The molecule has 2 aliphatic carbocycles. The van der Waals surface area contributed by atoms with Gasteiger partial charge in [-0.2, -0.15) is 0 Å². The number of fused-ring (bicyclic) bond motifs is 10. The minimum atomic E-state index is -0.555. The first-order chi connectivity index (χ1) is 45.5. The van der Waals surface area contributed by atoms with E-state index >= 15 is 0 Å². The van der Waals surface area contributed by atoms with Gasteiger partial charge in [0.15, 0.2) is 11.6 Å². The van der Waals surface area contributed by atoms with E-state index in [1.54, 1.807) is 6.20 Å². The van der Waals surface area contributed by atoms with Crippen molar-refractivity contribution in [1.82, 2.24) is 39.7 Å². The van der Waals surface area contributed by atoms with Gasteiger partial charge in [-0.25, -0.2) is 29.5 Å². The smallest absolute Gasteiger partial charge is 0.408 e. The van der Waals surface area contributed by atoms with Crippen LogP contribution in [-0.2, 0) is 38.1 Å². The van der Waals surface area contributed by atoms with E-state index in [0.29, 0.717) is 6.10 Å². The van der Waals surface area contributed by atoms with Gasteiger partial charge in [-0.15, -0.1) is 0 Å². The lowest BCUT2D eigenvalue weighted by Crippen LogP contribution is -2.52. The van der Waals surface area contributed by atoms with Crippen LogP contribution in [0.1, 0.15) is 133 Å². The monoisotopic (exact) mass is 1250 g/mol. The van der Waals surface area contributed by atoms with Gasteiger partial charge in [0, 0.05) is 41.3 Å². The van der Waals surface area contributed by atoms with Crippen molar-refractivity contribution in [3.05, 3.63) is 228 Å². The zero-order valence-electron chi connectivity index (χ0n) is 54.7. The lowest BCUT2D eigenvalue weighted by Gasteiger charge is -2.43. The maximum absolute atomic E-state index is 12.8. The van der Waals surface area contributed by atoms with Crippen LogP contribution < -0.4 is 21.3 Å². The number of benzene rings is 6. The van der Waals surface area contributed by atoms with E-state index in [1.807, 2.05) is 96.3 Å². The number of ether oxygens (including phenoxy) is 3. The number of hydrogen-bond acceptors (Lipinski definition) is 11. The third kappa shape index (κ3) is 13.5. The molecule has 1 atom stereocenters. The van der Waals surface area contributed by atoms with Crippen LogP contribution in [0.15, 0.2) is 194 Å². The number of alkyl carbamates (subject to hydrolysis) is 2. The number of amides is 2. The summed E-state index contributed by atoms with van der Waals surface area (Å²) < 4.78 is 20.8. The highest BCUT2D eigenvalue weighted by Crippen LogP contribution is 2.47. The standard InChI is InChI=1S/C37H37N5O2.C37H35N5O2.C5H10O/c2*1-36(2,3)44-35(43)41-37(22-10-23-37)27-19-17-26(18-20-27)32-30(21-16-25-11-5-4-6-12-25)40-34-28-13-7-8-14-29(28)39-33-31(42(32)34)15-9-24-38-33;1-5-3-2-4-6-5/h4-9,11-15,17-20,24H,10,16,21-23H2,1-3H3,(H,38,39)(H,41,43);4-9,11-21,24H,10,22-23H2,1-3H3,(H,38,39)(H,41,43);5H,2-4H2,1H3/b;21-16+;. The first kappa shape index (κ1) is 62.7. The molecule has 15 nitrogen and oxygen atoms in total. The fourth-order valence-electron chi connectivity index (χ4n) is 13.1. The van der Waals surface area contributed by atoms with Gasteiger partial charge in [0.2, 0.25) is 0 Å². The number of imidazole rings is 2. The number of carbonyl (C=O) groups excluding carboxylic acids is 2. The molecule has 1 saturated heterocycles. The number of nitrogens with zero attached hydrogens (tertiary/aromatic N) is 6. The molecule has 478 valence electrons. The predicted molar refractivity (Wildman–Crippen MR) is 375 cm³/mol. The summed E-state index contributed by atoms with van der Waals surface area (Å²) in [5.74, 6) is 3.29. The molecule has 3 fully saturated rings. The molecule has 15 heteroatoms. The number of nitrogens with one attached hydrogen (secondary N) is 4. The lowest BCUT2D eigenvalue weighted by atomic mass is 9.71. The highest BCUT2D eigenvalue weighted by atomic mass is 16.6. The van der Waals surface area contributed by atoms with Crippen LogP contribution >= 0.6 is 0 Å². The molecule has 0 spiro atoms. The molecular weight excluding hydrogens is 1170 g/mol. The summed E-state index contributed by atoms with van der Waals surface area (Å²) in [6, 6.07) is 62.6. The second-order valence-corrected chi connectivity index (χ2v) is 27.0. The predicted octanol–water partition coefficient (Wildman–Crippen LogP) is 18.3. The van der Waals surface area contributed by atoms with Crippen LogP contribution in [0.5, 0.6) is 0 Å². The SMILES string of the molecule is CC(C)(C)OC(=O)NC1(c2ccc(-c3c(/C=C/c4ccccc4)nc4n3-c3cccnc3Nc3ccccc3-4)cc2)CCC1.CC(C)(C)OC(=O)NC1(c2ccc(-c3c(CCc4ccccc4)nc4n3-c3cccnc3Nc3ccccc3-4)cc2)CCC1.CC1CCCO1. The van der Waals surface area contributed by atoms with Crippen molar-refractivity contribution in [2.45, 2.75) is 141 Å². The summed E-state index contributed by atoms with van der Waals surface area (Å²) in [5, 5.41) is 13.5. The molecule has 2 amide bonds. The Morgan fingerprint density at radius 2 is 1.03 bits per heavy atom. The topological polar surface area (TPSA) is 171 Å². The number of para-hydroxylation sites is 2. The Kier molecular flexibility index (Phi) is 17.7. The quantitative estimate of drug-likeness (QED) is 0.0971. The van der Waals surface area contributed by atoms with Gasteiger partial charge < -0.3 is 35.5 Å². The molecule has 4 aromatic heterocycles. The van der Waals surface area contributed by atoms with Gasteiger partial charge in [-0.3, -0.25) is 9.13 Å². The van der Waals surface area contributed by atoms with Crippen LogP contribution in [0.25, 0.3) is 68.8 Å². The van der Waals surface area contributed by atoms with Gasteiger partial charge in [-0.1, -0.05) is 140 Å². The third-order valence-electron chi connectivity index (χ3n) is 18.0. The van der Waals surface area contributed by atoms with Crippen molar-refractivity contribution in [1.29, 1.82) is 0 Å². The van der Waals surface area contributed by atoms with E-state index in [-0.39, 0.29) is 12.2 Å². The molecule has 3 aliphatic heterocycles. The summed E-state index contributed by atoms with van der Waals surface area (Å²) in [5.41, 5.74) is 14.4. The Hall–Kier alpha value is -10.1. The molecule has 0 bridgehead atoms. The van der Waals surface area contributed by atoms with Crippen molar-refractivity contribution in [2.24, 2.45) is 0 Å². The van der Waals surface area contributed by atoms with Crippen LogP contribution in [0.2, 0.25) is 0 Å². The van der Waals surface area contributed by atoms with Gasteiger partial charge in [0.25, 0.3) is 0 Å². The van der Waals surface area contributed by atoms with E-state index in [1.165, 1.54) is 18.4 Å². The lowest BCUT2D eigenvalue weighted by molar-refractivity contribution is 0.0365. The second-order valence-electron chi connectivity index (χ2n) is 27.0. The molecule has 4 N–H and O–H groups in total. The van der Waals surface area contributed by atoms with E-state index in [0.717, 1.165) is 166 Å². The van der Waals surface area contributed by atoms with Crippen molar-refractivity contribution in [3.8, 4) is 56.7 Å². The van der Waals surface area contributed by atoms with Crippen molar-refractivity contribution >= 4 is 47.3 Å². The van der Waals surface area contributed by atoms with Crippen molar-refractivity contribution < 1.29 is 23.8 Å². The summed E-state index contributed by atoms with van der Waals surface area (Å²) in [4.78, 5) is 45.6. The summed E-state index contributed by atoms with van der Waals surface area (Å²) in [6.07, 6.45) is 17.4. The molecule has 6 aromatic carbocycles. The van der Waals surface area contributed by atoms with Gasteiger partial charge in [0.05, 0.1) is 62.7 Å². The van der Waals surface area contributed by atoms with Gasteiger partial charge in [-0.05, 0) is 190 Å². The number of anilines is 4. The Bertz CT molecular complexity index is 4360. The highest BCUT2D eigenvalue weighted by molar-refractivity contribution is 5.90. The Morgan fingerprint density at radius 1 is 0.553 bits per heavy atom. The number of hydrogen-bond donors (Lipinski definition) is 4. The fraction of sp³-hybridized carbons (Fsp3) is 0.291. The Balaban J connectivity index is 0.000000157. The summed E-state index contributed by atoms with van der Waals surface area (Å²) >= 11 is 0. The number of carbonyl (C=O) groups is 2. The average molecular weight is 1250 g/mol. The molecular formula is C79H82N10O5. The van der Waals surface area contributed by atoms with Crippen molar-refractivity contribution in [2.75, 3.05) is 17.2 Å². The molecule has 0 radical (unpaired) electrons. The number of pyridine rings is 2. The van der Waals surface area contributed by atoms with Crippen LogP contribution in [-0.4, -0.2) is 65.2 Å². The molecule has 10 aromatic rings. The largest absolute Gasteiger partial charge is 0.444 e. The Morgan fingerprint density at radius 3 is 1.50 bits per heavy atom. The second kappa shape index (κ2) is 26.5. The number of aryl methyl sites for hydroxylation is 2. The van der Waals surface area contributed by atoms with Crippen molar-refractivity contribution in [3.63, 3.8) is 0 Å². The highest BCUT2D eigenvalue weighted by Gasteiger charge is 2.43. The van der Waals surface area contributed by atoms with Crippen LogP contribution in [0, 0.1) is 0 Å². The minimum absolute atomic E-state index is 0.374. The summed E-state index contributed by atoms with van der Waals surface area (Å²) in [6.45, 7) is 14.4. The number of rotatable bonds is 11. The molecule has 15 rings (SSSR count). The van der Waals surface area contributed by atoms with E-state index < -0.39 is 22.3 Å². The van der Waals surface area contributed by atoms with Gasteiger partial charge in [0.1, 0.15) is 22.9 Å². The van der Waals surface area contributed by atoms with Crippen LogP contribution in [0.3, 0.4) is 0 Å². The first-order valence-electron chi connectivity index (χ1n) is 33.0. The minimum Gasteiger partial charge on any atom is -0.444 e. The summed E-state index contributed by atoms with van der Waals surface area (Å²) in [7, 11) is 0. The fourth-order valence-corrected chi connectivity index (χ4v) is 13.1. The van der Waals surface area contributed by atoms with Gasteiger partial charge >= 0.3 is 12.2 Å². The Labute approximate surface area is 551 Å². The van der Waals surface area contributed by atoms with E-state index in [9.17, 15) is 9.59 Å². The maximum atomic E-state index is 12.8. The number of aromatic nitrogens is 6. The van der Waals surface area contributed by atoms with E-state index in [2.05, 4.69) is 183 Å². The third-order valence-corrected chi connectivity index (χ3v) is 18.0.